The minimum atomic E-state index is -2.93. The highest BCUT2D eigenvalue weighted by molar-refractivity contribution is 7.90. The van der Waals surface area contributed by atoms with E-state index in [1.165, 1.54) is 17.4 Å². The smallest absolute Gasteiger partial charge is 0.148 e. The fraction of sp³-hybridized carbons (Fsp3) is 0.571. The number of sulfone groups is 1. The molecular formula is C14H21NO3S. The van der Waals surface area contributed by atoms with Crippen LogP contribution in [0.2, 0.25) is 0 Å². The van der Waals surface area contributed by atoms with Crippen molar-refractivity contribution < 1.29 is 13.2 Å². The highest BCUT2D eigenvalue weighted by Crippen LogP contribution is 2.26. The number of benzene rings is 1. The summed E-state index contributed by atoms with van der Waals surface area (Å²) in [6.45, 7) is 0.770. The Morgan fingerprint density at radius 2 is 2.21 bits per heavy atom. The van der Waals surface area contributed by atoms with Gasteiger partial charge < -0.3 is 10.1 Å². The van der Waals surface area contributed by atoms with E-state index in [2.05, 4.69) is 17.4 Å². The SMILES string of the molecule is CNC(CCc1ccc2c(c1)CCO2)CS(C)(=O)=O. The minimum absolute atomic E-state index is 0.0134. The maximum Gasteiger partial charge on any atom is 0.148 e. The average Bonchev–Trinajstić information content (AvgIpc) is 2.80. The Morgan fingerprint density at radius 1 is 1.42 bits per heavy atom. The van der Waals surface area contributed by atoms with Gasteiger partial charge in [0.05, 0.1) is 12.4 Å². The first-order chi connectivity index (χ1) is 8.98. The van der Waals surface area contributed by atoms with Crippen LogP contribution in [0.1, 0.15) is 17.5 Å². The van der Waals surface area contributed by atoms with Crippen LogP contribution in [0.5, 0.6) is 5.75 Å². The van der Waals surface area contributed by atoms with Gasteiger partial charge >= 0.3 is 0 Å². The molecule has 1 aromatic carbocycles. The van der Waals surface area contributed by atoms with E-state index in [9.17, 15) is 8.42 Å². The highest BCUT2D eigenvalue weighted by Gasteiger charge is 2.15. The third-order valence-electron chi connectivity index (χ3n) is 3.45. The van der Waals surface area contributed by atoms with E-state index >= 15 is 0 Å². The summed E-state index contributed by atoms with van der Waals surface area (Å²) < 4.78 is 28.1. The Bertz CT molecular complexity index is 540. The van der Waals surface area contributed by atoms with Crippen LogP contribution in [-0.4, -0.2) is 40.1 Å². The van der Waals surface area contributed by atoms with Crippen molar-refractivity contribution in [2.24, 2.45) is 0 Å². The molecule has 0 spiro atoms. The predicted molar refractivity (Wildman–Crippen MR) is 76.5 cm³/mol. The van der Waals surface area contributed by atoms with Gasteiger partial charge in [-0.3, -0.25) is 0 Å². The Kier molecular flexibility index (Phi) is 4.47. The molecule has 0 radical (unpaired) electrons. The van der Waals surface area contributed by atoms with Crippen molar-refractivity contribution in [3.8, 4) is 5.75 Å². The highest BCUT2D eigenvalue weighted by atomic mass is 32.2. The standard InChI is InChI=1S/C14H21NO3S/c1-15-13(10-19(2,16)17)5-3-11-4-6-14-12(9-11)7-8-18-14/h4,6,9,13,15H,3,5,7-8,10H2,1-2H3. The molecule has 0 saturated carbocycles. The second-order valence-electron chi connectivity index (χ2n) is 5.16. The molecule has 5 heteroatoms. The maximum absolute atomic E-state index is 11.3. The lowest BCUT2D eigenvalue weighted by Gasteiger charge is -2.15. The zero-order valence-electron chi connectivity index (χ0n) is 11.5. The number of ether oxygens (including phenoxy) is 1. The van der Waals surface area contributed by atoms with Crippen molar-refractivity contribution in [1.82, 2.24) is 5.32 Å². The Balaban J connectivity index is 1.94. The molecule has 4 nitrogen and oxygen atoms in total. The zero-order valence-corrected chi connectivity index (χ0v) is 12.3. The number of aryl methyl sites for hydroxylation is 1. The molecule has 0 aliphatic carbocycles. The first kappa shape index (κ1) is 14.3. The number of hydrogen-bond donors (Lipinski definition) is 1. The number of fused-ring (bicyclic) bond motifs is 1. The van der Waals surface area contributed by atoms with Crippen LogP contribution < -0.4 is 10.1 Å². The van der Waals surface area contributed by atoms with Crippen LogP contribution in [0, 0.1) is 0 Å². The summed E-state index contributed by atoms with van der Waals surface area (Å²) in [6, 6.07) is 6.27. The number of nitrogens with one attached hydrogen (secondary N) is 1. The fourth-order valence-corrected chi connectivity index (χ4v) is 3.48. The van der Waals surface area contributed by atoms with E-state index in [-0.39, 0.29) is 11.8 Å². The van der Waals surface area contributed by atoms with Gasteiger partial charge in [0.1, 0.15) is 15.6 Å². The summed E-state index contributed by atoms with van der Waals surface area (Å²) in [5, 5.41) is 3.08. The molecule has 0 amide bonds. The molecule has 0 aromatic heterocycles. The lowest BCUT2D eigenvalue weighted by molar-refractivity contribution is 0.357. The molecule has 1 aromatic rings. The Morgan fingerprint density at radius 3 is 2.89 bits per heavy atom. The zero-order chi connectivity index (χ0) is 13.9. The molecule has 1 aliphatic heterocycles. The van der Waals surface area contributed by atoms with Gasteiger partial charge in [-0.15, -0.1) is 0 Å². The number of rotatable bonds is 6. The van der Waals surface area contributed by atoms with Crippen LogP contribution in [0.3, 0.4) is 0 Å². The Hall–Kier alpha value is -1.07. The Labute approximate surface area is 115 Å². The van der Waals surface area contributed by atoms with E-state index in [0.717, 1.165) is 31.6 Å². The predicted octanol–water partition coefficient (Wildman–Crippen LogP) is 1.19. The molecule has 1 unspecified atom stereocenters. The van der Waals surface area contributed by atoms with Crippen molar-refractivity contribution in [3.05, 3.63) is 29.3 Å². The van der Waals surface area contributed by atoms with Gasteiger partial charge in [0.15, 0.2) is 0 Å². The third-order valence-corrected chi connectivity index (χ3v) is 4.46. The second kappa shape index (κ2) is 5.92. The summed E-state index contributed by atoms with van der Waals surface area (Å²) in [6.07, 6.45) is 3.96. The van der Waals surface area contributed by atoms with Crippen LogP contribution in [0.15, 0.2) is 18.2 Å². The summed E-state index contributed by atoms with van der Waals surface area (Å²) >= 11 is 0. The molecule has 1 atom stereocenters. The van der Waals surface area contributed by atoms with Crippen molar-refractivity contribution in [2.75, 3.05) is 25.7 Å². The van der Waals surface area contributed by atoms with E-state index in [0.29, 0.717) is 0 Å². The van der Waals surface area contributed by atoms with Crippen molar-refractivity contribution in [3.63, 3.8) is 0 Å². The number of hydrogen-bond acceptors (Lipinski definition) is 4. The molecule has 0 fully saturated rings. The molecule has 0 bridgehead atoms. The monoisotopic (exact) mass is 283 g/mol. The fourth-order valence-electron chi connectivity index (χ4n) is 2.41. The van der Waals surface area contributed by atoms with Crippen molar-refractivity contribution in [1.29, 1.82) is 0 Å². The van der Waals surface area contributed by atoms with E-state index in [1.807, 2.05) is 13.1 Å². The second-order valence-corrected chi connectivity index (χ2v) is 7.34. The van der Waals surface area contributed by atoms with E-state index < -0.39 is 9.84 Å². The first-order valence-corrected chi connectivity index (χ1v) is 8.63. The summed E-state index contributed by atoms with van der Waals surface area (Å²) in [5.41, 5.74) is 2.51. The molecule has 0 saturated heterocycles. The van der Waals surface area contributed by atoms with Gasteiger partial charge in [0, 0.05) is 18.7 Å². The van der Waals surface area contributed by atoms with Gasteiger partial charge in [-0.2, -0.15) is 0 Å². The van der Waals surface area contributed by atoms with Crippen LogP contribution in [-0.2, 0) is 22.7 Å². The molecule has 1 aliphatic rings. The van der Waals surface area contributed by atoms with Gasteiger partial charge in [0.25, 0.3) is 0 Å². The molecule has 2 rings (SSSR count). The van der Waals surface area contributed by atoms with Crippen molar-refractivity contribution >= 4 is 9.84 Å². The summed E-state index contributed by atoms with van der Waals surface area (Å²) in [7, 11) is -1.12. The van der Waals surface area contributed by atoms with Gasteiger partial charge in [0.2, 0.25) is 0 Å². The minimum Gasteiger partial charge on any atom is -0.493 e. The molecule has 1 heterocycles. The molecule has 106 valence electrons. The lowest BCUT2D eigenvalue weighted by atomic mass is 10.0. The van der Waals surface area contributed by atoms with E-state index in [4.69, 9.17) is 4.74 Å². The van der Waals surface area contributed by atoms with Crippen LogP contribution >= 0.6 is 0 Å². The summed E-state index contributed by atoms with van der Waals surface area (Å²) in [4.78, 5) is 0. The topological polar surface area (TPSA) is 55.4 Å². The first-order valence-electron chi connectivity index (χ1n) is 6.57. The van der Waals surface area contributed by atoms with Gasteiger partial charge in [-0.05, 0) is 37.1 Å². The normalized spacial score (nSPS) is 15.9. The summed E-state index contributed by atoms with van der Waals surface area (Å²) in [5.74, 6) is 1.18. The average molecular weight is 283 g/mol. The largest absolute Gasteiger partial charge is 0.493 e. The van der Waals surface area contributed by atoms with E-state index in [1.54, 1.807) is 0 Å². The maximum atomic E-state index is 11.3. The molecular weight excluding hydrogens is 262 g/mol. The van der Waals surface area contributed by atoms with Crippen molar-refractivity contribution in [2.45, 2.75) is 25.3 Å². The molecule has 19 heavy (non-hydrogen) atoms. The van der Waals surface area contributed by atoms with Crippen LogP contribution in [0.25, 0.3) is 0 Å². The van der Waals surface area contributed by atoms with Gasteiger partial charge in [-0.1, -0.05) is 12.1 Å². The van der Waals surface area contributed by atoms with Crippen LogP contribution in [0.4, 0.5) is 0 Å². The molecule has 1 N–H and O–H groups in total. The quantitative estimate of drug-likeness (QED) is 0.852. The lowest BCUT2D eigenvalue weighted by Crippen LogP contribution is -2.33. The third kappa shape index (κ3) is 4.21. The van der Waals surface area contributed by atoms with Gasteiger partial charge in [-0.25, -0.2) is 8.42 Å².